The van der Waals surface area contributed by atoms with Crippen LogP contribution in [0.25, 0.3) is 0 Å². The van der Waals surface area contributed by atoms with Crippen molar-refractivity contribution in [3.05, 3.63) is 16.9 Å². The van der Waals surface area contributed by atoms with Crippen LogP contribution in [-0.4, -0.2) is 14.9 Å². The van der Waals surface area contributed by atoms with Crippen molar-refractivity contribution in [1.29, 1.82) is 0 Å². The van der Waals surface area contributed by atoms with Gasteiger partial charge in [-0.15, -0.1) is 0 Å². The molecule has 0 saturated heterocycles. The van der Waals surface area contributed by atoms with E-state index in [9.17, 15) is 5.11 Å². The molecule has 1 aromatic rings. The van der Waals surface area contributed by atoms with E-state index in [0.717, 1.165) is 18.5 Å². The Morgan fingerprint density at radius 1 is 1.57 bits per heavy atom. The number of hydrogen-bond acceptors (Lipinski definition) is 2. The first-order chi connectivity index (χ1) is 6.70. The maximum absolute atomic E-state index is 10.1. The molecule has 1 aliphatic carbocycles. The van der Waals surface area contributed by atoms with Crippen LogP contribution in [0.5, 0.6) is 0 Å². The van der Waals surface area contributed by atoms with Crippen LogP contribution in [0.1, 0.15) is 37.5 Å². The Labute approximate surface area is 88.7 Å². The largest absolute Gasteiger partial charge is 0.386 e. The maximum atomic E-state index is 10.1. The number of aromatic nitrogens is 2. The highest BCUT2D eigenvalue weighted by Crippen LogP contribution is 2.37. The molecule has 0 amide bonds. The van der Waals surface area contributed by atoms with E-state index in [-0.39, 0.29) is 0 Å². The highest BCUT2D eigenvalue weighted by Gasteiger charge is 2.28. The Balaban J connectivity index is 2.21. The maximum Gasteiger partial charge on any atom is 0.0999 e. The summed E-state index contributed by atoms with van der Waals surface area (Å²) in [7, 11) is 1.82. The SMILES string of the molecule is Cn1ncc(Cl)c1C(O)C1CCCC1. The standard InChI is InChI=1S/C10H15ClN2O/c1-13-9(8(11)6-12-13)10(14)7-4-2-3-5-7/h6-7,10,14H,2-5H2,1H3. The van der Waals surface area contributed by atoms with Crippen molar-refractivity contribution in [3.63, 3.8) is 0 Å². The molecular formula is C10H15ClN2O. The van der Waals surface area contributed by atoms with Crippen LogP contribution >= 0.6 is 11.6 Å². The minimum absolute atomic E-state index is 0.364. The first-order valence-electron chi connectivity index (χ1n) is 5.05. The normalized spacial score (nSPS) is 20.2. The number of halogens is 1. The van der Waals surface area contributed by atoms with E-state index in [1.165, 1.54) is 12.8 Å². The van der Waals surface area contributed by atoms with Gasteiger partial charge >= 0.3 is 0 Å². The fourth-order valence-corrected chi connectivity index (χ4v) is 2.53. The average molecular weight is 215 g/mol. The predicted molar refractivity (Wildman–Crippen MR) is 55.1 cm³/mol. The molecule has 1 heterocycles. The fourth-order valence-electron chi connectivity index (χ4n) is 2.25. The Morgan fingerprint density at radius 3 is 2.71 bits per heavy atom. The smallest absolute Gasteiger partial charge is 0.0999 e. The van der Waals surface area contributed by atoms with Crippen molar-refractivity contribution in [2.75, 3.05) is 0 Å². The van der Waals surface area contributed by atoms with Crippen LogP contribution in [-0.2, 0) is 7.05 Å². The van der Waals surface area contributed by atoms with E-state index in [1.54, 1.807) is 10.9 Å². The summed E-state index contributed by atoms with van der Waals surface area (Å²) in [5.41, 5.74) is 0.763. The summed E-state index contributed by atoms with van der Waals surface area (Å²) in [5, 5.41) is 14.7. The molecule has 0 radical (unpaired) electrons. The summed E-state index contributed by atoms with van der Waals surface area (Å²) in [6.45, 7) is 0. The zero-order valence-electron chi connectivity index (χ0n) is 8.28. The number of aryl methyl sites for hydroxylation is 1. The second-order valence-electron chi connectivity index (χ2n) is 3.99. The monoisotopic (exact) mass is 214 g/mol. The fraction of sp³-hybridized carbons (Fsp3) is 0.700. The molecule has 0 bridgehead atoms. The highest BCUT2D eigenvalue weighted by molar-refractivity contribution is 6.31. The molecule has 0 aromatic carbocycles. The second kappa shape index (κ2) is 3.91. The van der Waals surface area contributed by atoms with Gasteiger partial charge in [0.15, 0.2) is 0 Å². The van der Waals surface area contributed by atoms with Crippen LogP contribution < -0.4 is 0 Å². The molecule has 1 fully saturated rings. The Bertz CT molecular complexity index is 298. The average Bonchev–Trinajstić information content (AvgIpc) is 2.75. The quantitative estimate of drug-likeness (QED) is 0.821. The van der Waals surface area contributed by atoms with Crippen molar-refractivity contribution in [1.82, 2.24) is 9.78 Å². The van der Waals surface area contributed by atoms with Crippen molar-refractivity contribution >= 4 is 11.6 Å². The molecule has 4 heteroatoms. The molecule has 1 unspecified atom stereocenters. The first-order valence-corrected chi connectivity index (χ1v) is 5.43. The minimum atomic E-state index is -0.447. The summed E-state index contributed by atoms with van der Waals surface area (Å²) in [6.07, 6.45) is 5.78. The van der Waals surface area contributed by atoms with Gasteiger partial charge in [0.2, 0.25) is 0 Å². The van der Waals surface area contributed by atoms with Gasteiger partial charge in [0, 0.05) is 7.05 Å². The molecule has 1 aromatic heterocycles. The summed E-state index contributed by atoms with van der Waals surface area (Å²) in [6, 6.07) is 0. The Morgan fingerprint density at radius 2 is 2.21 bits per heavy atom. The number of nitrogens with zero attached hydrogens (tertiary/aromatic N) is 2. The van der Waals surface area contributed by atoms with Crippen molar-refractivity contribution in [2.24, 2.45) is 13.0 Å². The Kier molecular flexibility index (Phi) is 2.79. The molecule has 0 aliphatic heterocycles. The third kappa shape index (κ3) is 1.66. The van der Waals surface area contributed by atoms with Gasteiger partial charge in [-0.05, 0) is 18.8 Å². The minimum Gasteiger partial charge on any atom is -0.386 e. The lowest BCUT2D eigenvalue weighted by atomic mass is 9.98. The Hall–Kier alpha value is -0.540. The molecule has 14 heavy (non-hydrogen) atoms. The van der Waals surface area contributed by atoms with Crippen molar-refractivity contribution in [3.8, 4) is 0 Å². The van der Waals surface area contributed by atoms with Gasteiger partial charge in [-0.2, -0.15) is 5.10 Å². The van der Waals surface area contributed by atoms with E-state index >= 15 is 0 Å². The molecule has 78 valence electrons. The zero-order chi connectivity index (χ0) is 10.1. The molecule has 1 aliphatic rings. The number of aliphatic hydroxyl groups excluding tert-OH is 1. The zero-order valence-corrected chi connectivity index (χ0v) is 9.04. The van der Waals surface area contributed by atoms with Gasteiger partial charge in [0.25, 0.3) is 0 Å². The van der Waals surface area contributed by atoms with Crippen LogP contribution in [0, 0.1) is 5.92 Å². The predicted octanol–water partition coefficient (Wildman–Crippen LogP) is 2.30. The van der Waals surface area contributed by atoms with Crippen LogP contribution in [0.3, 0.4) is 0 Å². The van der Waals surface area contributed by atoms with E-state index in [0.29, 0.717) is 10.9 Å². The summed E-state index contributed by atoms with van der Waals surface area (Å²) >= 11 is 5.98. The van der Waals surface area contributed by atoms with Gasteiger partial charge in [0.1, 0.15) is 0 Å². The molecule has 1 saturated carbocycles. The van der Waals surface area contributed by atoms with Crippen LogP contribution in [0.15, 0.2) is 6.20 Å². The second-order valence-corrected chi connectivity index (χ2v) is 4.40. The highest BCUT2D eigenvalue weighted by atomic mass is 35.5. The van der Waals surface area contributed by atoms with Crippen molar-refractivity contribution < 1.29 is 5.11 Å². The summed E-state index contributed by atoms with van der Waals surface area (Å²) < 4.78 is 1.67. The first kappa shape index (κ1) is 9.99. The molecular weight excluding hydrogens is 200 g/mol. The van der Waals surface area contributed by atoms with Gasteiger partial charge in [0.05, 0.1) is 23.0 Å². The van der Waals surface area contributed by atoms with Gasteiger partial charge in [-0.3, -0.25) is 4.68 Å². The summed E-state index contributed by atoms with van der Waals surface area (Å²) in [5.74, 6) is 0.364. The lowest BCUT2D eigenvalue weighted by Gasteiger charge is -2.18. The lowest BCUT2D eigenvalue weighted by Crippen LogP contribution is -2.13. The number of hydrogen-bond donors (Lipinski definition) is 1. The van der Waals surface area contributed by atoms with E-state index in [4.69, 9.17) is 11.6 Å². The molecule has 0 spiro atoms. The lowest BCUT2D eigenvalue weighted by molar-refractivity contribution is 0.103. The van der Waals surface area contributed by atoms with E-state index in [2.05, 4.69) is 5.10 Å². The summed E-state index contributed by atoms with van der Waals surface area (Å²) in [4.78, 5) is 0. The van der Waals surface area contributed by atoms with Gasteiger partial charge in [-0.1, -0.05) is 24.4 Å². The number of aliphatic hydroxyl groups is 1. The molecule has 2 rings (SSSR count). The van der Waals surface area contributed by atoms with Crippen molar-refractivity contribution in [2.45, 2.75) is 31.8 Å². The van der Waals surface area contributed by atoms with Gasteiger partial charge < -0.3 is 5.11 Å². The topological polar surface area (TPSA) is 38.0 Å². The van der Waals surface area contributed by atoms with Crippen LogP contribution in [0.2, 0.25) is 5.02 Å². The third-order valence-corrected chi connectivity index (χ3v) is 3.36. The number of rotatable bonds is 2. The molecule has 1 N–H and O–H groups in total. The van der Waals surface area contributed by atoms with Gasteiger partial charge in [-0.25, -0.2) is 0 Å². The molecule has 3 nitrogen and oxygen atoms in total. The molecule has 1 atom stereocenters. The van der Waals surface area contributed by atoms with E-state index in [1.807, 2.05) is 7.05 Å². The van der Waals surface area contributed by atoms with E-state index < -0.39 is 6.10 Å². The van der Waals surface area contributed by atoms with Crippen LogP contribution in [0.4, 0.5) is 0 Å². The third-order valence-electron chi connectivity index (χ3n) is 3.06.